The predicted molar refractivity (Wildman–Crippen MR) is 59.6 cm³/mol. The molecule has 0 fully saturated rings. The van der Waals surface area contributed by atoms with Gasteiger partial charge in [-0.2, -0.15) is 18.2 Å². The number of halogens is 3. The molecule has 1 N–H and O–H groups in total. The number of ether oxygens (including phenoxy) is 1. The van der Waals surface area contributed by atoms with E-state index in [1.165, 1.54) is 12.3 Å². The Labute approximate surface area is 105 Å². The standard InChI is InChI=1S/C11H8F3N3O2/c1-19-10-7(11(12,13)14)9(18)16-8(17-10)6-4-2-3-5-15-6/h2-5H,1H3,(H,16,17,18). The molecule has 2 rings (SSSR count). The van der Waals surface area contributed by atoms with Gasteiger partial charge in [-0.3, -0.25) is 9.78 Å². The zero-order valence-electron chi connectivity index (χ0n) is 9.65. The van der Waals surface area contributed by atoms with Crippen molar-refractivity contribution in [3.63, 3.8) is 0 Å². The molecule has 19 heavy (non-hydrogen) atoms. The molecule has 5 nitrogen and oxygen atoms in total. The van der Waals surface area contributed by atoms with Crippen molar-refractivity contribution in [3.05, 3.63) is 40.3 Å². The van der Waals surface area contributed by atoms with Crippen LogP contribution in [0.5, 0.6) is 5.88 Å². The third-order valence-electron chi connectivity index (χ3n) is 2.28. The third kappa shape index (κ3) is 2.56. The van der Waals surface area contributed by atoms with Crippen molar-refractivity contribution in [1.29, 1.82) is 0 Å². The first-order chi connectivity index (χ1) is 8.93. The molecule has 0 unspecified atom stereocenters. The Morgan fingerprint density at radius 3 is 2.58 bits per heavy atom. The lowest BCUT2D eigenvalue weighted by Gasteiger charge is -2.11. The van der Waals surface area contributed by atoms with E-state index in [2.05, 4.69) is 19.7 Å². The fraction of sp³-hybridized carbons (Fsp3) is 0.182. The summed E-state index contributed by atoms with van der Waals surface area (Å²) in [6, 6.07) is 4.75. The molecule has 8 heteroatoms. The monoisotopic (exact) mass is 271 g/mol. The maximum atomic E-state index is 12.7. The lowest BCUT2D eigenvalue weighted by Crippen LogP contribution is -2.24. The average molecular weight is 271 g/mol. The van der Waals surface area contributed by atoms with Crippen molar-refractivity contribution >= 4 is 0 Å². The summed E-state index contributed by atoms with van der Waals surface area (Å²) in [4.78, 5) is 21.0. The van der Waals surface area contributed by atoms with Crippen LogP contribution in [0.25, 0.3) is 11.5 Å². The first-order valence-corrected chi connectivity index (χ1v) is 5.10. The van der Waals surface area contributed by atoms with E-state index >= 15 is 0 Å². The van der Waals surface area contributed by atoms with Crippen LogP contribution in [0.4, 0.5) is 13.2 Å². The number of hydrogen-bond donors (Lipinski definition) is 1. The Kier molecular flexibility index (Phi) is 3.24. The molecule has 0 radical (unpaired) electrons. The van der Waals surface area contributed by atoms with Crippen LogP contribution < -0.4 is 10.3 Å². The van der Waals surface area contributed by atoms with Gasteiger partial charge in [0.1, 0.15) is 5.69 Å². The summed E-state index contributed by atoms with van der Waals surface area (Å²) in [5, 5.41) is 0. The summed E-state index contributed by atoms with van der Waals surface area (Å²) in [5.41, 5.74) is -2.63. The molecule has 0 aliphatic carbocycles. The van der Waals surface area contributed by atoms with Crippen molar-refractivity contribution in [3.8, 4) is 17.4 Å². The van der Waals surface area contributed by atoms with E-state index in [1.807, 2.05) is 0 Å². The number of aromatic amines is 1. The van der Waals surface area contributed by atoms with Gasteiger partial charge in [-0.25, -0.2) is 0 Å². The molecule has 2 aromatic rings. The Balaban J connectivity index is 2.64. The number of alkyl halides is 3. The molecular formula is C11H8F3N3O2. The lowest BCUT2D eigenvalue weighted by molar-refractivity contribution is -0.140. The summed E-state index contributed by atoms with van der Waals surface area (Å²) in [6.07, 6.45) is -3.41. The summed E-state index contributed by atoms with van der Waals surface area (Å²) < 4.78 is 42.6. The first-order valence-electron chi connectivity index (χ1n) is 5.10. The normalized spacial score (nSPS) is 11.4. The van der Waals surface area contributed by atoms with Crippen LogP contribution in [0.1, 0.15) is 5.56 Å². The van der Waals surface area contributed by atoms with E-state index in [0.717, 1.165) is 7.11 Å². The van der Waals surface area contributed by atoms with Gasteiger partial charge < -0.3 is 9.72 Å². The molecule has 0 spiro atoms. The number of aromatic nitrogens is 3. The second kappa shape index (κ2) is 4.71. The molecule has 0 saturated heterocycles. The molecular weight excluding hydrogens is 263 g/mol. The highest BCUT2D eigenvalue weighted by molar-refractivity contribution is 5.50. The van der Waals surface area contributed by atoms with Gasteiger partial charge >= 0.3 is 6.18 Å². The van der Waals surface area contributed by atoms with E-state index in [4.69, 9.17) is 0 Å². The van der Waals surface area contributed by atoms with Gasteiger partial charge in [0.2, 0.25) is 5.88 Å². The van der Waals surface area contributed by atoms with Crippen LogP contribution in [-0.2, 0) is 6.18 Å². The number of nitrogens with one attached hydrogen (secondary N) is 1. The number of H-pyrrole nitrogens is 1. The van der Waals surface area contributed by atoms with Crippen molar-refractivity contribution in [2.45, 2.75) is 6.18 Å². The van der Waals surface area contributed by atoms with E-state index in [-0.39, 0.29) is 11.5 Å². The van der Waals surface area contributed by atoms with Crippen LogP contribution in [0.2, 0.25) is 0 Å². The summed E-state index contributed by atoms with van der Waals surface area (Å²) in [5.74, 6) is -0.774. The van der Waals surface area contributed by atoms with Crippen molar-refractivity contribution in [1.82, 2.24) is 15.0 Å². The van der Waals surface area contributed by atoms with E-state index in [1.54, 1.807) is 12.1 Å². The summed E-state index contributed by atoms with van der Waals surface area (Å²) in [7, 11) is 1.03. The highest BCUT2D eigenvalue weighted by Gasteiger charge is 2.39. The second-order valence-corrected chi connectivity index (χ2v) is 3.51. The largest absolute Gasteiger partial charge is 0.482 e. The van der Waals surface area contributed by atoms with Gasteiger partial charge in [0.05, 0.1) is 7.11 Å². The molecule has 0 bridgehead atoms. The number of nitrogens with zero attached hydrogens (tertiary/aromatic N) is 2. The summed E-state index contributed by atoms with van der Waals surface area (Å²) >= 11 is 0. The number of pyridine rings is 1. The van der Waals surface area contributed by atoms with Crippen LogP contribution in [-0.4, -0.2) is 22.1 Å². The Morgan fingerprint density at radius 2 is 2.05 bits per heavy atom. The Hall–Kier alpha value is -2.38. The number of methoxy groups -OCH3 is 1. The second-order valence-electron chi connectivity index (χ2n) is 3.51. The SMILES string of the molecule is COc1[nH]c(-c2ccccn2)nc(=O)c1C(F)(F)F. The van der Waals surface area contributed by atoms with Crippen LogP contribution in [0.3, 0.4) is 0 Å². The fourth-order valence-electron chi connectivity index (χ4n) is 1.48. The van der Waals surface area contributed by atoms with Gasteiger partial charge in [-0.1, -0.05) is 6.07 Å². The Morgan fingerprint density at radius 1 is 1.32 bits per heavy atom. The highest BCUT2D eigenvalue weighted by atomic mass is 19.4. The van der Waals surface area contributed by atoms with E-state index < -0.39 is 23.2 Å². The number of rotatable bonds is 2. The molecule has 2 aromatic heterocycles. The van der Waals surface area contributed by atoms with Gasteiger partial charge in [-0.05, 0) is 12.1 Å². The molecule has 0 amide bonds. The Bertz CT molecular complexity index is 638. The minimum atomic E-state index is -4.84. The predicted octanol–water partition coefficient (Wildman–Crippen LogP) is 1.86. The zero-order valence-corrected chi connectivity index (χ0v) is 9.65. The molecule has 100 valence electrons. The van der Waals surface area contributed by atoms with Crippen LogP contribution in [0, 0.1) is 0 Å². The maximum absolute atomic E-state index is 12.7. The summed E-state index contributed by atoms with van der Waals surface area (Å²) in [6.45, 7) is 0. The minimum Gasteiger partial charge on any atom is -0.482 e. The third-order valence-corrected chi connectivity index (χ3v) is 2.28. The molecule has 2 heterocycles. The first kappa shape index (κ1) is 13.1. The smallest absolute Gasteiger partial charge is 0.426 e. The zero-order chi connectivity index (χ0) is 14.0. The van der Waals surface area contributed by atoms with Gasteiger partial charge in [0.25, 0.3) is 5.56 Å². The van der Waals surface area contributed by atoms with Gasteiger partial charge in [0.15, 0.2) is 11.4 Å². The van der Waals surface area contributed by atoms with E-state index in [9.17, 15) is 18.0 Å². The number of hydrogen-bond acceptors (Lipinski definition) is 4. The van der Waals surface area contributed by atoms with Crippen LogP contribution in [0.15, 0.2) is 29.2 Å². The minimum absolute atomic E-state index is 0.0875. The molecule has 0 aliphatic rings. The quantitative estimate of drug-likeness (QED) is 0.905. The average Bonchev–Trinajstić information content (AvgIpc) is 2.37. The molecule has 0 atom stereocenters. The maximum Gasteiger partial charge on any atom is 0.426 e. The van der Waals surface area contributed by atoms with Gasteiger partial charge in [0, 0.05) is 6.20 Å². The fourth-order valence-corrected chi connectivity index (χ4v) is 1.48. The molecule has 0 aromatic carbocycles. The van der Waals surface area contributed by atoms with Crippen molar-refractivity contribution < 1.29 is 17.9 Å². The van der Waals surface area contributed by atoms with Crippen LogP contribution >= 0.6 is 0 Å². The molecule has 0 saturated carbocycles. The van der Waals surface area contributed by atoms with Crippen molar-refractivity contribution in [2.75, 3.05) is 7.11 Å². The topological polar surface area (TPSA) is 67.9 Å². The van der Waals surface area contributed by atoms with E-state index in [0.29, 0.717) is 0 Å². The molecule has 0 aliphatic heterocycles. The lowest BCUT2D eigenvalue weighted by atomic mass is 10.3. The van der Waals surface area contributed by atoms with Crippen molar-refractivity contribution in [2.24, 2.45) is 0 Å². The van der Waals surface area contributed by atoms with Gasteiger partial charge in [-0.15, -0.1) is 0 Å². The highest BCUT2D eigenvalue weighted by Crippen LogP contribution is 2.32.